The number of benzene rings is 1. The summed E-state index contributed by atoms with van der Waals surface area (Å²) in [4.78, 5) is 16.4. The van der Waals surface area contributed by atoms with Crippen molar-refractivity contribution in [3.8, 4) is 6.07 Å². The van der Waals surface area contributed by atoms with Crippen LogP contribution in [0.1, 0.15) is 17.3 Å². The van der Waals surface area contributed by atoms with Gasteiger partial charge >= 0.3 is 0 Å². The van der Waals surface area contributed by atoms with Crippen LogP contribution in [0.25, 0.3) is 10.9 Å². The van der Waals surface area contributed by atoms with Crippen LogP contribution in [0.3, 0.4) is 0 Å². The minimum absolute atomic E-state index is 0.0841. The van der Waals surface area contributed by atoms with Gasteiger partial charge in [0.05, 0.1) is 12.1 Å². The number of nitriles is 1. The molecule has 6 nitrogen and oxygen atoms in total. The van der Waals surface area contributed by atoms with Gasteiger partial charge in [-0.3, -0.25) is 4.79 Å². The molecule has 0 saturated heterocycles. The highest BCUT2D eigenvalue weighted by atomic mass is 79.9. The molecule has 0 amide bonds. The highest BCUT2D eigenvalue weighted by molar-refractivity contribution is 9.10. The summed E-state index contributed by atoms with van der Waals surface area (Å²) < 4.78 is 7.49. The molecule has 0 unspecified atom stereocenters. The van der Waals surface area contributed by atoms with Gasteiger partial charge in [0.2, 0.25) is 11.3 Å². The molecular weight excluding hydrogens is 336 g/mol. The Morgan fingerprint density at radius 1 is 1.48 bits per heavy atom. The molecule has 2 heterocycles. The van der Waals surface area contributed by atoms with E-state index in [-0.39, 0.29) is 11.0 Å². The van der Waals surface area contributed by atoms with Crippen LogP contribution in [0.5, 0.6) is 0 Å². The van der Waals surface area contributed by atoms with Crippen LogP contribution in [-0.2, 0) is 6.54 Å². The predicted octanol–water partition coefficient (Wildman–Crippen LogP) is 2.38. The van der Waals surface area contributed by atoms with Crippen molar-refractivity contribution in [2.24, 2.45) is 0 Å². The van der Waals surface area contributed by atoms with E-state index in [0.717, 1.165) is 4.47 Å². The Morgan fingerprint density at radius 3 is 2.95 bits per heavy atom. The summed E-state index contributed by atoms with van der Waals surface area (Å²) in [5, 5.41) is 13.4. The van der Waals surface area contributed by atoms with Crippen LogP contribution in [0.4, 0.5) is 0 Å². The third-order valence-corrected chi connectivity index (χ3v) is 3.54. The molecule has 0 aliphatic carbocycles. The van der Waals surface area contributed by atoms with Gasteiger partial charge < -0.3 is 9.09 Å². The first kappa shape index (κ1) is 13.5. The van der Waals surface area contributed by atoms with Crippen molar-refractivity contribution in [1.82, 2.24) is 14.7 Å². The van der Waals surface area contributed by atoms with Gasteiger partial charge in [-0.25, -0.2) is 0 Å². The molecule has 7 heteroatoms. The van der Waals surface area contributed by atoms with Gasteiger partial charge in [-0.1, -0.05) is 21.1 Å². The van der Waals surface area contributed by atoms with Gasteiger partial charge in [-0.05, 0) is 18.2 Å². The Labute approximate surface area is 127 Å². The molecule has 21 heavy (non-hydrogen) atoms. The second kappa shape index (κ2) is 5.14. The minimum Gasteiger partial charge on any atom is -0.340 e. The normalized spacial score (nSPS) is 10.7. The molecule has 0 atom stereocenters. The van der Waals surface area contributed by atoms with E-state index in [1.54, 1.807) is 17.6 Å². The van der Waals surface area contributed by atoms with Gasteiger partial charge in [0.15, 0.2) is 5.82 Å². The molecule has 3 aromatic rings. The average molecular weight is 345 g/mol. The lowest BCUT2D eigenvalue weighted by atomic mass is 10.1. The van der Waals surface area contributed by atoms with Crippen molar-refractivity contribution in [2.75, 3.05) is 0 Å². The molecule has 0 spiro atoms. The van der Waals surface area contributed by atoms with Crippen molar-refractivity contribution in [2.45, 2.75) is 13.5 Å². The van der Waals surface area contributed by atoms with Gasteiger partial charge in [-0.15, -0.1) is 0 Å². The van der Waals surface area contributed by atoms with E-state index in [9.17, 15) is 4.79 Å². The number of hydrogen-bond acceptors (Lipinski definition) is 5. The molecule has 0 aliphatic heterocycles. The van der Waals surface area contributed by atoms with Gasteiger partial charge in [0, 0.05) is 23.0 Å². The second-order valence-corrected chi connectivity index (χ2v) is 5.42. The van der Waals surface area contributed by atoms with E-state index in [0.29, 0.717) is 29.2 Å². The number of aryl methyl sites for hydroxylation is 1. The van der Waals surface area contributed by atoms with Crippen molar-refractivity contribution < 1.29 is 4.52 Å². The molecule has 2 aromatic heterocycles. The number of aromatic nitrogens is 3. The number of pyridine rings is 1. The first-order valence-corrected chi connectivity index (χ1v) is 6.90. The Hall–Kier alpha value is -2.46. The van der Waals surface area contributed by atoms with Gasteiger partial charge in [0.1, 0.15) is 11.6 Å². The molecule has 0 bridgehead atoms. The summed E-state index contributed by atoms with van der Waals surface area (Å²) in [6.45, 7) is 2.03. The molecule has 0 aliphatic rings. The van der Waals surface area contributed by atoms with E-state index in [1.165, 1.54) is 6.20 Å². The van der Waals surface area contributed by atoms with Gasteiger partial charge in [-0.2, -0.15) is 10.2 Å². The van der Waals surface area contributed by atoms with E-state index in [2.05, 4.69) is 26.1 Å². The monoisotopic (exact) mass is 344 g/mol. The third-order valence-electron chi connectivity index (χ3n) is 3.04. The fourth-order valence-electron chi connectivity index (χ4n) is 2.14. The smallest absolute Gasteiger partial charge is 0.223 e. The highest BCUT2D eigenvalue weighted by Gasteiger charge is 2.11. The van der Waals surface area contributed by atoms with Crippen molar-refractivity contribution >= 4 is 26.8 Å². The SMILES string of the molecule is Cc1nc(Cn2cc(C#N)c(=O)c3cc(Br)ccc32)no1. The lowest BCUT2D eigenvalue weighted by Gasteiger charge is -2.09. The zero-order valence-corrected chi connectivity index (χ0v) is 12.6. The Morgan fingerprint density at radius 2 is 2.29 bits per heavy atom. The van der Waals surface area contributed by atoms with E-state index in [4.69, 9.17) is 9.78 Å². The summed E-state index contributed by atoms with van der Waals surface area (Å²) in [7, 11) is 0. The van der Waals surface area contributed by atoms with Crippen LogP contribution in [0.2, 0.25) is 0 Å². The first-order valence-electron chi connectivity index (χ1n) is 6.10. The summed E-state index contributed by atoms with van der Waals surface area (Å²) in [5.74, 6) is 0.961. The van der Waals surface area contributed by atoms with Crippen molar-refractivity contribution in [3.05, 3.63) is 56.4 Å². The summed E-state index contributed by atoms with van der Waals surface area (Å²) >= 11 is 3.34. The van der Waals surface area contributed by atoms with Crippen molar-refractivity contribution in [1.29, 1.82) is 5.26 Å². The zero-order valence-electron chi connectivity index (χ0n) is 11.0. The lowest BCUT2D eigenvalue weighted by Crippen LogP contribution is -2.14. The quantitative estimate of drug-likeness (QED) is 0.712. The molecule has 1 aromatic carbocycles. The molecule has 104 valence electrons. The Kier molecular flexibility index (Phi) is 3.31. The third kappa shape index (κ3) is 2.45. The standard InChI is InChI=1S/C14H9BrN4O2/c1-8-17-13(18-21-8)7-19-6-9(5-16)14(20)11-4-10(15)2-3-12(11)19/h2-4,6H,7H2,1H3. The van der Waals surface area contributed by atoms with Crippen LogP contribution in [0.15, 0.2) is 38.2 Å². The maximum Gasteiger partial charge on any atom is 0.223 e. The molecule has 3 rings (SSSR count). The highest BCUT2D eigenvalue weighted by Crippen LogP contribution is 2.18. The van der Waals surface area contributed by atoms with E-state index < -0.39 is 0 Å². The molecule has 0 saturated carbocycles. The average Bonchev–Trinajstić information content (AvgIpc) is 2.87. The largest absolute Gasteiger partial charge is 0.340 e. The van der Waals surface area contributed by atoms with Crippen LogP contribution >= 0.6 is 15.9 Å². The van der Waals surface area contributed by atoms with Gasteiger partial charge in [0.25, 0.3) is 0 Å². The molecule has 0 radical (unpaired) electrons. The Balaban J connectivity index is 2.24. The Bertz CT molecular complexity index is 936. The second-order valence-electron chi connectivity index (χ2n) is 4.50. The summed E-state index contributed by atoms with van der Waals surface area (Å²) in [5.41, 5.74) is 0.514. The lowest BCUT2D eigenvalue weighted by molar-refractivity contribution is 0.386. The fourth-order valence-corrected chi connectivity index (χ4v) is 2.50. The van der Waals surface area contributed by atoms with E-state index >= 15 is 0 Å². The maximum atomic E-state index is 12.2. The number of nitrogens with zero attached hydrogens (tertiary/aromatic N) is 4. The van der Waals surface area contributed by atoms with Crippen LogP contribution in [0, 0.1) is 18.3 Å². The number of halogens is 1. The van der Waals surface area contributed by atoms with Crippen LogP contribution in [-0.4, -0.2) is 14.7 Å². The molecule has 0 N–H and O–H groups in total. The number of hydrogen-bond donors (Lipinski definition) is 0. The predicted molar refractivity (Wildman–Crippen MR) is 78.8 cm³/mol. The first-order chi connectivity index (χ1) is 10.1. The maximum absolute atomic E-state index is 12.2. The zero-order chi connectivity index (χ0) is 15.0. The van der Waals surface area contributed by atoms with Crippen LogP contribution < -0.4 is 5.43 Å². The topological polar surface area (TPSA) is 84.7 Å². The minimum atomic E-state index is -0.283. The fraction of sp³-hybridized carbons (Fsp3) is 0.143. The molecule has 0 fully saturated rings. The van der Waals surface area contributed by atoms with E-state index in [1.807, 2.05) is 18.2 Å². The number of rotatable bonds is 2. The number of fused-ring (bicyclic) bond motifs is 1. The summed E-state index contributed by atoms with van der Waals surface area (Å²) in [6.07, 6.45) is 1.52. The summed E-state index contributed by atoms with van der Waals surface area (Å²) in [6, 6.07) is 7.28. The van der Waals surface area contributed by atoms with Crippen molar-refractivity contribution in [3.63, 3.8) is 0 Å². The molecular formula is C14H9BrN4O2.